The maximum absolute atomic E-state index is 11.5. The number of amides is 1. The topological polar surface area (TPSA) is 58.6 Å². The van der Waals surface area contributed by atoms with Crippen LogP contribution in [-0.2, 0) is 22.7 Å². The molecule has 0 aliphatic heterocycles. The molecule has 1 amide bonds. The van der Waals surface area contributed by atoms with Crippen LogP contribution in [0.2, 0.25) is 0 Å². The fourth-order valence-corrected chi connectivity index (χ4v) is 1.54. The molecule has 0 radical (unpaired) electrons. The molecular weight excluding hydrogens is 230 g/mol. The van der Waals surface area contributed by atoms with E-state index in [0.29, 0.717) is 26.2 Å². The fourth-order valence-electron chi connectivity index (χ4n) is 1.54. The number of hydrogen-bond acceptors (Lipinski definition) is 3. The lowest BCUT2D eigenvalue weighted by atomic mass is 10.1. The van der Waals surface area contributed by atoms with Gasteiger partial charge in [-0.05, 0) is 17.5 Å². The van der Waals surface area contributed by atoms with Crippen LogP contribution in [0, 0.1) is 0 Å². The molecular formula is C14H21NO3. The monoisotopic (exact) mass is 251 g/mol. The van der Waals surface area contributed by atoms with Crippen LogP contribution in [-0.4, -0.2) is 24.2 Å². The van der Waals surface area contributed by atoms with Crippen molar-refractivity contribution in [3.63, 3.8) is 0 Å². The van der Waals surface area contributed by atoms with Crippen molar-refractivity contribution in [2.75, 3.05) is 13.2 Å². The van der Waals surface area contributed by atoms with E-state index in [9.17, 15) is 4.79 Å². The maximum atomic E-state index is 11.5. The molecule has 0 spiro atoms. The maximum Gasteiger partial charge on any atom is 0.222 e. The summed E-state index contributed by atoms with van der Waals surface area (Å²) in [5, 5.41) is 11.8. The Hall–Kier alpha value is -1.39. The molecule has 0 saturated carbocycles. The van der Waals surface area contributed by atoms with Crippen molar-refractivity contribution in [3.05, 3.63) is 35.4 Å². The van der Waals surface area contributed by atoms with Crippen molar-refractivity contribution in [2.45, 2.75) is 32.9 Å². The first-order valence-corrected chi connectivity index (χ1v) is 6.29. The summed E-state index contributed by atoms with van der Waals surface area (Å²) in [6.45, 7) is 3.71. The molecule has 1 rings (SSSR count). The highest BCUT2D eigenvalue weighted by Gasteiger charge is 2.01. The molecule has 0 atom stereocenters. The van der Waals surface area contributed by atoms with E-state index in [4.69, 9.17) is 9.84 Å². The first-order chi connectivity index (χ1) is 8.76. The second kappa shape index (κ2) is 8.66. The Morgan fingerprint density at radius 1 is 1.33 bits per heavy atom. The fraction of sp³-hybridized carbons (Fsp3) is 0.500. The SMILES string of the molecule is CCCOCCC(=O)NCc1cccc(CO)c1. The first kappa shape index (κ1) is 14.7. The lowest BCUT2D eigenvalue weighted by molar-refractivity contribution is -0.122. The molecule has 2 N–H and O–H groups in total. The number of rotatable bonds is 8. The predicted molar refractivity (Wildman–Crippen MR) is 69.9 cm³/mol. The van der Waals surface area contributed by atoms with Crippen molar-refractivity contribution in [3.8, 4) is 0 Å². The molecule has 0 aliphatic carbocycles. The van der Waals surface area contributed by atoms with Crippen LogP contribution in [0.5, 0.6) is 0 Å². The van der Waals surface area contributed by atoms with Gasteiger partial charge in [0.15, 0.2) is 0 Å². The summed E-state index contributed by atoms with van der Waals surface area (Å²) >= 11 is 0. The van der Waals surface area contributed by atoms with Gasteiger partial charge in [-0.15, -0.1) is 0 Å². The van der Waals surface area contributed by atoms with E-state index < -0.39 is 0 Å². The number of nitrogens with one attached hydrogen (secondary N) is 1. The zero-order valence-electron chi connectivity index (χ0n) is 10.8. The van der Waals surface area contributed by atoms with Crippen molar-refractivity contribution >= 4 is 5.91 Å². The Morgan fingerprint density at radius 2 is 2.11 bits per heavy atom. The van der Waals surface area contributed by atoms with Gasteiger partial charge in [-0.25, -0.2) is 0 Å². The third-order valence-corrected chi connectivity index (χ3v) is 2.49. The van der Waals surface area contributed by atoms with Crippen LogP contribution in [0.3, 0.4) is 0 Å². The highest BCUT2D eigenvalue weighted by Crippen LogP contribution is 2.04. The Bertz CT molecular complexity index is 366. The molecule has 0 heterocycles. The molecule has 4 nitrogen and oxygen atoms in total. The Kier molecular flexibility index (Phi) is 7.06. The van der Waals surface area contributed by atoms with Crippen molar-refractivity contribution in [1.82, 2.24) is 5.32 Å². The van der Waals surface area contributed by atoms with Gasteiger partial charge >= 0.3 is 0 Å². The normalized spacial score (nSPS) is 10.3. The van der Waals surface area contributed by atoms with Crippen molar-refractivity contribution in [1.29, 1.82) is 0 Å². The quantitative estimate of drug-likeness (QED) is 0.690. The standard InChI is InChI=1S/C14H21NO3/c1-2-7-18-8-6-14(17)15-10-12-4-3-5-13(9-12)11-16/h3-5,9,16H,2,6-8,10-11H2,1H3,(H,15,17). The Balaban J connectivity index is 2.24. The first-order valence-electron chi connectivity index (χ1n) is 6.29. The second-order valence-electron chi connectivity index (χ2n) is 4.12. The van der Waals surface area contributed by atoms with Gasteiger partial charge in [0.05, 0.1) is 13.2 Å². The number of aliphatic hydroxyl groups is 1. The highest BCUT2D eigenvalue weighted by molar-refractivity contribution is 5.75. The number of benzene rings is 1. The molecule has 0 unspecified atom stereocenters. The van der Waals surface area contributed by atoms with Gasteiger partial charge < -0.3 is 15.2 Å². The van der Waals surface area contributed by atoms with Crippen molar-refractivity contribution < 1.29 is 14.6 Å². The Morgan fingerprint density at radius 3 is 2.83 bits per heavy atom. The number of carbonyl (C=O) groups is 1. The number of aliphatic hydroxyl groups excluding tert-OH is 1. The Labute approximate surface area is 108 Å². The molecule has 1 aromatic carbocycles. The van der Waals surface area contributed by atoms with E-state index >= 15 is 0 Å². The van der Waals surface area contributed by atoms with Crippen LogP contribution in [0.4, 0.5) is 0 Å². The number of carbonyl (C=O) groups excluding carboxylic acids is 1. The molecule has 1 aromatic rings. The van der Waals surface area contributed by atoms with Gasteiger partial charge in [0, 0.05) is 19.6 Å². The van der Waals surface area contributed by atoms with E-state index in [2.05, 4.69) is 5.32 Å². The van der Waals surface area contributed by atoms with E-state index in [1.54, 1.807) is 0 Å². The molecule has 4 heteroatoms. The van der Waals surface area contributed by atoms with Crippen LogP contribution in [0.1, 0.15) is 30.9 Å². The average Bonchev–Trinajstić information content (AvgIpc) is 2.41. The summed E-state index contributed by atoms with van der Waals surface area (Å²) < 4.78 is 5.25. The van der Waals surface area contributed by atoms with Gasteiger partial charge in [0.25, 0.3) is 0 Å². The third-order valence-electron chi connectivity index (χ3n) is 2.49. The molecule has 0 bridgehead atoms. The zero-order chi connectivity index (χ0) is 13.2. The summed E-state index contributed by atoms with van der Waals surface area (Å²) in [4.78, 5) is 11.5. The average molecular weight is 251 g/mol. The molecule has 0 aromatic heterocycles. The summed E-state index contributed by atoms with van der Waals surface area (Å²) in [5.41, 5.74) is 1.84. The largest absolute Gasteiger partial charge is 0.392 e. The van der Waals surface area contributed by atoms with Gasteiger partial charge in [-0.1, -0.05) is 31.2 Å². The van der Waals surface area contributed by atoms with E-state index in [1.807, 2.05) is 31.2 Å². The number of ether oxygens (including phenoxy) is 1. The van der Waals surface area contributed by atoms with Gasteiger partial charge in [-0.2, -0.15) is 0 Å². The van der Waals surface area contributed by atoms with Crippen LogP contribution in [0.25, 0.3) is 0 Å². The molecule has 0 fully saturated rings. The van der Waals surface area contributed by atoms with Gasteiger partial charge in [-0.3, -0.25) is 4.79 Å². The summed E-state index contributed by atoms with van der Waals surface area (Å²) in [7, 11) is 0. The van der Waals surface area contributed by atoms with E-state index in [0.717, 1.165) is 17.5 Å². The molecule has 0 aliphatic rings. The summed E-state index contributed by atoms with van der Waals surface area (Å²) in [5.74, 6) is -0.0134. The van der Waals surface area contributed by atoms with Crippen LogP contribution < -0.4 is 5.32 Å². The highest BCUT2D eigenvalue weighted by atomic mass is 16.5. The minimum atomic E-state index is -0.0134. The second-order valence-corrected chi connectivity index (χ2v) is 4.12. The molecule has 18 heavy (non-hydrogen) atoms. The molecule has 0 saturated heterocycles. The van der Waals surface area contributed by atoms with E-state index in [1.165, 1.54) is 0 Å². The third kappa shape index (κ3) is 5.80. The van der Waals surface area contributed by atoms with Crippen molar-refractivity contribution in [2.24, 2.45) is 0 Å². The minimum absolute atomic E-state index is 0.0134. The smallest absolute Gasteiger partial charge is 0.222 e. The summed E-state index contributed by atoms with van der Waals surface area (Å²) in [6, 6.07) is 7.53. The van der Waals surface area contributed by atoms with Crippen LogP contribution in [0.15, 0.2) is 24.3 Å². The van der Waals surface area contributed by atoms with E-state index in [-0.39, 0.29) is 12.5 Å². The van der Waals surface area contributed by atoms with Gasteiger partial charge in [0.2, 0.25) is 5.91 Å². The predicted octanol–water partition coefficient (Wildman–Crippen LogP) is 1.61. The number of hydrogen-bond donors (Lipinski definition) is 2. The lowest BCUT2D eigenvalue weighted by Gasteiger charge is -2.07. The van der Waals surface area contributed by atoms with Gasteiger partial charge in [0.1, 0.15) is 0 Å². The summed E-state index contributed by atoms with van der Waals surface area (Å²) in [6.07, 6.45) is 1.36. The molecule has 100 valence electrons. The zero-order valence-corrected chi connectivity index (χ0v) is 10.8. The lowest BCUT2D eigenvalue weighted by Crippen LogP contribution is -2.24. The minimum Gasteiger partial charge on any atom is -0.392 e. The van der Waals surface area contributed by atoms with Crippen LogP contribution >= 0.6 is 0 Å².